The second kappa shape index (κ2) is 5.66. The molecule has 1 unspecified atom stereocenters. The fraction of sp³-hybridized carbons (Fsp3) is 0.417. The molecule has 0 aliphatic carbocycles. The Morgan fingerprint density at radius 1 is 1.26 bits per heavy atom. The van der Waals surface area contributed by atoms with Crippen LogP contribution in [0.15, 0.2) is 29.2 Å². The molecule has 19 heavy (non-hydrogen) atoms. The van der Waals surface area contributed by atoms with Crippen molar-refractivity contribution in [2.75, 3.05) is 6.54 Å². The molecular formula is C12H15FN2O3S. The summed E-state index contributed by atoms with van der Waals surface area (Å²) in [7, 11) is -4.03. The van der Waals surface area contributed by atoms with Crippen molar-refractivity contribution in [3.05, 3.63) is 30.1 Å². The number of rotatable bonds is 3. The molecule has 1 amide bonds. The molecule has 2 rings (SSSR count). The third-order valence-electron chi connectivity index (χ3n) is 2.96. The van der Waals surface area contributed by atoms with Gasteiger partial charge in [0.1, 0.15) is 16.8 Å². The molecule has 0 aromatic heterocycles. The van der Waals surface area contributed by atoms with Gasteiger partial charge in [-0.2, -0.15) is 4.72 Å². The van der Waals surface area contributed by atoms with Crippen molar-refractivity contribution >= 4 is 15.9 Å². The Bertz CT molecular complexity index is 574. The Morgan fingerprint density at radius 3 is 2.74 bits per heavy atom. The van der Waals surface area contributed by atoms with Crippen LogP contribution in [0.5, 0.6) is 0 Å². The molecule has 1 heterocycles. The molecule has 0 radical (unpaired) electrons. The third kappa shape index (κ3) is 3.30. The topological polar surface area (TPSA) is 75.3 Å². The van der Waals surface area contributed by atoms with Gasteiger partial charge in [0.05, 0.1) is 0 Å². The summed E-state index contributed by atoms with van der Waals surface area (Å²) in [5.41, 5.74) is 0. The number of hydrogen-bond donors (Lipinski definition) is 2. The number of amides is 1. The predicted octanol–water partition coefficient (Wildman–Crippen LogP) is 0.773. The molecular weight excluding hydrogens is 271 g/mol. The van der Waals surface area contributed by atoms with Crippen molar-refractivity contribution in [3.8, 4) is 0 Å². The van der Waals surface area contributed by atoms with E-state index in [0.717, 1.165) is 18.9 Å². The van der Waals surface area contributed by atoms with Gasteiger partial charge in [-0.15, -0.1) is 0 Å². The highest BCUT2D eigenvalue weighted by Crippen LogP contribution is 2.15. The first-order valence-corrected chi connectivity index (χ1v) is 7.53. The van der Waals surface area contributed by atoms with E-state index in [0.29, 0.717) is 13.0 Å². The maximum Gasteiger partial charge on any atom is 0.244 e. The Hall–Kier alpha value is -1.47. The zero-order valence-electron chi connectivity index (χ0n) is 10.2. The minimum atomic E-state index is -4.03. The van der Waals surface area contributed by atoms with Crippen LogP contribution in [0, 0.1) is 5.82 Å². The van der Waals surface area contributed by atoms with E-state index in [1.165, 1.54) is 18.2 Å². The van der Waals surface area contributed by atoms with E-state index in [1.54, 1.807) is 0 Å². The number of hydrogen-bond acceptors (Lipinski definition) is 3. The normalized spacial score (nSPS) is 20.7. The summed E-state index contributed by atoms with van der Waals surface area (Å²) < 4.78 is 39.9. The Labute approximate surface area is 111 Å². The van der Waals surface area contributed by atoms with E-state index in [2.05, 4.69) is 10.0 Å². The first-order valence-electron chi connectivity index (χ1n) is 6.05. The van der Waals surface area contributed by atoms with Crippen LogP contribution in [-0.2, 0) is 14.8 Å². The molecule has 7 heteroatoms. The SMILES string of the molecule is O=C1NCCCCC1NS(=O)(=O)c1ccccc1F. The van der Waals surface area contributed by atoms with Crippen LogP contribution in [0.2, 0.25) is 0 Å². The number of halogens is 1. The van der Waals surface area contributed by atoms with Crippen LogP contribution in [0.1, 0.15) is 19.3 Å². The number of nitrogens with one attached hydrogen (secondary N) is 2. The number of sulfonamides is 1. The van der Waals surface area contributed by atoms with Crippen molar-refractivity contribution in [1.82, 2.24) is 10.0 Å². The quantitative estimate of drug-likeness (QED) is 0.862. The summed E-state index contributed by atoms with van der Waals surface area (Å²) >= 11 is 0. The van der Waals surface area contributed by atoms with Gasteiger partial charge >= 0.3 is 0 Å². The Morgan fingerprint density at radius 2 is 2.00 bits per heavy atom. The van der Waals surface area contributed by atoms with Gasteiger partial charge in [-0.3, -0.25) is 4.79 Å². The van der Waals surface area contributed by atoms with Crippen LogP contribution in [-0.4, -0.2) is 26.9 Å². The zero-order valence-corrected chi connectivity index (χ0v) is 11.0. The van der Waals surface area contributed by atoms with Crippen molar-refractivity contribution in [2.45, 2.75) is 30.2 Å². The van der Waals surface area contributed by atoms with Crippen molar-refractivity contribution in [1.29, 1.82) is 0 Å². The summed E-state index contributed by atoms with van der Waals surface area (Å²) in [6.45, 7) is 0.538. The molecule has 1 aromatic rings. The first kappa shape index (κ1) is 14.0. The molecule has 0 bridgehead atoms. The van der Waals surface area contributed by atoms with E-state index in [-0.39, 0.29) is 5.91 Å². The molecule has 104 valence electrons. The van der Waals surface area contributed by atoms with E-state index < -0.39 is 26.8 Å². The molecule has 1 fully saturated rings. The highest BCUT2D eigenvalue weighted by molar-refractivity contribution is 7.89. The minimum absolute atomic E-state index is 0.364. The fourth-order valence-electron chi connectivity index (χ4n) is 1.97. The summed E-state index contributed by atoms with van der Waals surface area (Å²) in [4.78, 5) is 11.2. The van der Waals surface area contributed by atoms with Crippen LogP contribution in [0.25, 0.3) is 0 Å². The third-order valence-corrected chi connectivity index (χ3v) is 4.46. The van der Waals surface area contributed by atoms with Gasteiger partial charge in [0.25, 0.3) is 0 Å². The molecule has 1 aromatic carbocycles. The minimum Gasteiger partial charge on any atom is -0.355 e. The van der Waals surface area contributed by atoms with Gasteiger partial charge in [-0.1, -0.05) is 12.1 Å². The van der Waals surface area contributed by atoms with Gasteiger partial charge in [0.2, 0.25) is 15.9 Å². The number of carbonyl (C=O) groups is 1. The molecule has 1 saturated heterocycles. The van der Waals surface area contributed by atoms with Crippen LogP contribution in [0.3, 0.4) is 0 Å². The van der Waals surface area contributed by atoms with Gasteiger partial charge in [-0.05, 0) is 31.4 Å². The van der Waals surface area contributed by atoms with E-state index in [9.17, 15) is 17.6 Å². The van der Waals surface area contributed by atoms with Crippen LogP contribution in [0.4, 0.5) is 4.39 Å². The lowest BCUT2D eigenvalue weighted by Gasteiger charge is -2.15. The second-order valence-electron chi connectivity index (χ2n) is 4.39. The lowest BCUT2D eigenvalue weighted by molar-refractivity contribution is -0.122. The first-order chi connectivity index (χ1) is 9.00. The Balaban J connectivity index is 2.21. The van der Waals surface area contributed by atoms with Crippen molar-refractivity contribution < 1.29 is 17.6 Å². The largest absolute Gasteiger partial charge is 0.355 e. The maximum atomic E-state index is 13.5. The monoisotopic (exact) mass is 286 g/mol. The molecule has 2 N–H and O–H groups in total. The van der Waals surface area contributed by atoms with E-state index >= 15 is 0 Å². The smallest absolute Gasteiger partial charge is 0.244 e. The van der Waals surface area contributed by atoms with Crippen molar-refractivity contribution in [3.63, 3.8) is 0 Å². The second-order valence-corrected chi connectivity index (χ2v) is 6.07. The number of benzene rings is 1. The standard InChI is InChI=1S/C12H15FN2O3S/c13-9-5-1-2-7-11(9)19(17,18)15-10-6-3-4-8-14-12(10)16/h1-2,5,7,10,15H,3-4,6,8H2,(H,14,16). The fourth-order valence-corrected chi connectivity index (χ4v) is 3.27. The van der Waals surface area contributed by atoms with Gasteiger partial charge in [0.15, 0.2) is 0 Å². The Kier molecular flexibility index (Phi) is 4.16. The summed E-state index contributed by atoms with van der Waals surface area (Å²) in [6, 6.07) is 4.25. The maximum absolute atomic E-state index is 13.5. The van der Waals surface area contributed by atoms with E-state index in [4.69, 9.17) is 0 Å². The summed E-state index contributed by atoms with van der Waals surface area (Å²) in [6.07, 6.45) is 1.96. The van der Waals surface area contributed by atoms with Crippen molar-refractivity contribution in [2.24, 2.45) is 0 Å². The molecule has 1 atom stereocenters. The summed E-state index contributed by atoms with van der Waals surface area (Å²) in [5.74, 6) is -1.19. The molecule has 0 spiro atoms. The average Bonchev–Trinajstić information content (AvgIpc) is 2.55. The average molecular weight is 286 g/mol. The van der Waals surface area contributed by atoms with Gasteiger partial charge in [0, 0.05) is 6.54 Å². The zero-order chi connectivity index (χ0) is 13.9. The molecule has 5 nitrogen and oxygen atoms in total. The van der Waals surface area contributed by atoms with Gasteiger partial charge in [-0.25, -0.2) is 12.8 Å². The highest BCUT2D eigenvalue weighted by Gasteiger charge is 2.28. The van der Waals surface area contributed by atoms with Crippen LogP contribution < -0.4 is 10.0 Å². The highest BCUT2D eigenvalue weighted by atomic mass is 32.2. The molecule has 1 aliphatic rings. The van der Waals surface area contributed by atoms with Crippen LogP contribution >= 0.6 is 0 Å². The predicted molar refractivity (Wildman–Crippen MR) is 67.4 cm³/mol. The lowest BCUT2D eigenvalue weighted by Crippen LogP contribution is -2.45. The lowest BCUT2D eigenvalue weighted by atomic mass is 10.1. The molecule has 0 saturated carbocycles. The van der Waals surface area contributed by atoms with E-state index in [1.807, 2.05) is 0 Å². The molecule has 1 aliphatic heterocycles. The summed E-state index contributed by atoms with van der Waals surface area (Å²) in [5, 5.41) is 2.62. The number of carbonyl (C=O) groups excluding carboxylic acids is 1. The van der Waals surface area contributed by atoms with Gasteiger partial charge < -0.3 is 5.32 Å².